The van der Waals surface area contributed by atoms with Gasteiger partial charge in [-0.05, 0) is 12.1 Å². The number of nitriles is 1. The average Bonchev–Trinajstić information content (AvgIpc) is 2.60. The fraction of sp³-hybridized carbons (Fsp3) is 0.0588. The van der Waals surface area contributed by atoms with Crippen LogP contribution in [0.15, 0.2) is 53.3 Å². The molecule has 0 aliphatic heterocycles. The lowest BCUT2D eigenvalue weighted by atomic mass is 10.1. The summed E-state index contributed by atoms with van der Waals surface area (Å²) in [5.74, 6) is -0.662. The molecule has 0 radical (unpaired) electrons. The van der Waals surface area contributed by atoms with Gasteiger partial charge in [0, 0.05) is 10.9 Å². The second-order valence-corrected chi connectivity index (χ2v) is 4.79. The Hall–Kier alpha value is -3.46. The van der Waals surface area contributed by atoms with E-state index in [4.69, 9.17) is 10.00 Å². The minimum Gasteiger partial charge on any atom is -0.456 e. The molecule has 0 saturated carbocycles. The van der Waals surface area contributed by atoms with E-state index in [0.29, 0.717) is 21.9 Å². The first-order valence-electron chi connectivity index (χ1n) is 6.83. The SMILES string of the molecule is N#Cc1ccccc1COC(=O)c1n[nH]c(=O)c2ccccc12. The molecular weight excluding hydrogens is 294 g/mol. The minimum absolute atomic E-state index is 0.0367. The molecule has 0 unspecified atom stereocenters. The summed E-state index contributed by atoms with van der Waals surface area (Å²) in [4.78, 5) is 24.0. The maximum Gasteiger partial charge on any atom is 0.359 e. The number of aromatic amines is 1. The normalized spacial score (nSPS) is 10.2. The lowest BCUT2D eigenvalue weighted by molar-refractivity contribution is 0.0466. The van der Waals surface area contributed by atoms with Crippen LogP contribution in [0.5, 0.6) is 0 Å². The van der Waals surface area contributed by atoms with Crippen LogP contribution in [0.3, 0.4) is 0 Å². The van der Waals surface area contributed by atoms with E-state index in [1.54, 1.807) is 48.5 Å². The maximum absolute atomic E-state index is 12.3. The molecule has 0 fully saturated rings. The Morgan fingerprint density at radius 1 is 1.13 bits per heavy atom. The molecule has 0 aliphatic carbocycles. The highest BCUT2D eigenvalue weighted by Gasteiger charge is 2.16. The molecule has 6 nitrogen and oxygen atoms in total. The molecule has 0 atom stereocenters. The fourth-order valence-electron chi connectivity index (χ4n) is 2.24. The van der Waals surface area contributed by atoms with Crippen LogP contribution in [-0.2, 0) is 11.3 Å². The summed E-state index contributed by atoms with van der Waals surface area (Å²) in [7, 11) is 0. The van der Waals surface area contributed by atoms with Crippen molar-refractivity contribution in [1.82, 2.24) is 10.2 Å². The third-order valence-corrected chi connectivity index (χ3v) is 3.39. The van der Waals surface area contributed by atoms with Crippen LogP contribution in [-0.4, -0.2) is 16.2 Å². The van der Waals surface area contributed by atoms with Gasteiger partial charge in [-0.3, -0.25) is 4.79 Å². The minimum atomic E-state index is -0.662. The summed E-state index contributed by atoms with van der Waals surface area (Å²) < 4.78 is 5.23. The van der Waals surface area contributed by atoms with E-state index in [0.717, 1.165) is 0 Å². The molecule has 0 amide bonds. The Morgan fingerprint density at radius 2 is 1.83 bits per heavy atom. The average molecular weight is 305 g/mol. The molecule has 1 aromatic heterocycles. The number of hydrogen-bond donors (Lipinski definition) is 1. The van der Waals surface area contributed by atoms with Crippen molar-refractivity contribution in [2.24, 2.45) is 0 Å². The molecular formula is C17H11N3O3. The summed E-state index contributed by atoms with van der Waals surface area (Å²) >= 11 is 0. The number of nitrogens with zero attached hydrogens (tertiary/aromatic N) is 2. The van der Waals surface area contributed by atoms with Gasteiger partial charge in [-0.1, -0.05) is 36.4 Å². The Bertz CT molecular complexity index is 986. The molecule has 0 bridgehead atoms. The van der Waals surface area contributed by atoms with Gasteiger partial charge in [0.25, 0.3) is 5.56 Å². The van der Waals surface area contributed by atoms with Crippen molar-refractivity contribution in [3.63, 3.8) is 0 Å². The number of benzene rings is 2. The first-order chi connectivity index (χ1) is 11.2. The Labute approximate surface area is 131 Å². The Kier molecular flexibility index (Phi) is 3.85. The number of esters is 1. The van der Waals surface area contributed by atoms with Crippen LogP contribution in [0.4, 0.5) is 0 Å². The van der Waals surface area contributed by atoms with Crippen molar-refractivity contribution in [1.29, 1.82) is 5.26 Å². The predicted molar refractivity (Wildman–Crippen MR) is 82.6 cm³/mol. The predicted octanol–water partition coefficient (Wildman–Crippen LogP) is 2.15. The number of carbonyl (C=O) groups excluding carboxylic acids is 1. The number of hydrogen-bond acceptors (Lipinski definition) is 5. The topological polar surface area (TPSA) is 95.8 Å². The zero-order chi connectivity index (χ0) is 16.2. The quantitative estimate of drug-likeness (QED) is 0.748. The Morgan fingerprint density at radius 3 is 2.61 bits per heavy atom. The number of ether oxygens (including phenoxy) is 1. The molecule has 112 valence electrons. The van der Waals surface area contributed by atoms with Crippen LogP contribution in [0.25, 0.3) is 10.8 Å². The van der Waals surface area contributed by atoms with Gasteiger partial charge in [0.2, 0.25) is 0 Å². The van der Waals surface area contributed by atoms with Crippen LogP contribution >= 0.6 is 0 Å². The van der Waals surface area contributed by atoms with Gasteiger partial charge in [-0.15, -0.1) is 0 Å². The third kappa shape index (κ3) is 2.80. The van der Waals surface area contributed by atoms with Crippen LogP contribution in [0.2, 0.25) is 0 Å². The number of aromatic nitrogens is 2. The number of nitrogens with one attached hydrogen (secondary N) is 1. The van der Waals surface area contributed by atoms with E-state index in [1.807, 2.05) is 6.07 Å². The Balaban J connectivity index is 1.89. The zero-order valence-corrected chi connectivity index (χ0v) is 11.9. The molecule has 23 heavy (non-hydrogen) atoms. The largest absolute Gasteiger partial charge is 0.456 e. The smallest absolute Gasteiger partial charge is 0.359 e. The van der Waals surface area contributed by atoms with E-state index < -0.39 is 5.97 Å². The second-order valence-electron chi connectivity index (χ2n) is 4.79. The fourth-order valence-corrected chi connectivity index (χ4v) is 2.24. The zero-order valence-electron chi connectivity index (χ0n) is 11.9. The van der Waals surface area contributed by atoms with Crippen molar-refractivity contribution >= 4 is 16.7 Å². The summed E-state index contributed by atoms with van der Waals surface area (Å²) in [5.41, 5.74) is 0.721. The number of rotatable bonds is 3. The third-order valence-electron chi connectivity index (χ3n) is 3.39. The highest BCUT2D eigenvalue weighted by molar-refractivity contribution is 6.01. The second kappa shape index (κ2) is 6.12. The summed E-state index contributed by atoms with van der Waals surface area (Å²) in [6.07, 6.45) is 0. The van der Waals surface area contributed by atoms with Crippen LogP contribution < -0.4 is 5.56 Å². The summed E-state index contributed by atoms with van der Waals surface area (Å²) in [6.45, 7) is -0.0439. The van der Waals surface area contributed by atoms with E-state index in [2.05, 4.69) is 10.2 Å². The monoisotopic (exact) mass is 305 g/mol. The van der Waals surface area contributed by atoms with Gasteiger partial charge in [-0.25, -0.2) is 9.89 Å². The first kappa shape index (κ1) is 14.5. The lowest BCUT2D eigenvalue weighted by Gasteiger charge is -2.07. The van der Waals surface area contributed by atoms with Crippen LogP contribution in [0, 0.1) is 11.3 Å². The highest BCUT2D eigenvalue weighted by Crippen LogP contribution is 2.15. The number of fused-ring (bicyclic) bond motifs is 1. The van der Waals surface area contributed by atoms with Crippen molar-refractivity contribution < 1.29 is 9.53 Å². The highest BCUT2D eigenvalue weighted by atomic mass is 16.5. The molecule has 1 heterocycles. The van der Waals surface area contributed by atoms with Crippen molar-refractivity contribution in [2.45, 2.75) is 6.61 Å². The molecule has 0 aliphatic rings. The standard InChI is InChI=1S/C17H11N3O3/c18-9-11-5-1-2-6-12(11)10-23-17(22)15-13-7-3-4-8-14(13)16(21)20-19-15/h1-8H,10H2,(H,20,21). The number of carbonyl (C=O) groups is 1. The van der Waals surface area contributed by atoms with Gasteiger partial charge in [0.05, 0.1) is 17.0 Å². The van der Waals surface area contributed by atoms with Gasteiger partial charge in [0.1, 0.15) is 6.61 Å². The lowest BCUT2D eigenvalue weighted by Crippen LogP contribution is -2.16. The molecule has 0 spiro atoms. The molecule has 1 N–H and O–H groups in total. The maximum atomic E-state index is 12.3. The first-order valence-corrected chi connectivity index (χ1v) is 6.83. The van der Waals surface area contributed by atoms with Gasteiger partial charge >= 0.3 is 5.97 Å². The van der Waals surface area contributed by atoms with Crippen LogP contribution in [0.1, 0.15) is 21.6 Å². The molecule has 2 aromatic carbocycles. The van der Waals surface area contributed by atoms with E-state index >= 15 is 0 Å². The van der Waals surface area contributed by atoms with Crippen molar-refractivity contribution in [2.75, 3.05) is 0 Å². The molecule has 3 aromatic rings. The van der Waals surface area contributed by atoms with Gasteiger partial charge in [-0.2, -0.15) is 10.4 Å². The van der Waals surface area contributed by atoms with Gasteiger partial charge in [0.15, 0.2) is 5.69 Å². The summed E-state index contributed by atoms with van der Waals surface area (Å²) in [6, 6.07) is 15.6. The van der Waals surface area contributed by atoms with E-state index in [9.17, 15) is 9.59 Å². The summed E-state index contributed by atoms with van der Waals surface area (Å²) in [5, 5.41) is 15.9. The molecule has 3 rings (SSSR count). The number of H-pyrrole nitrogens is 1. The van der Waals surface area contributed by atoms with E-state index in [1.165, 1.54) is 0 Å². The molecule has 6 heteroatoms. The van der Waals surface area contributed by atoms with Crippen molar-refractivity contribution in [3.05, 3.63) is 75.7 Å². The molecule has 0 saturated heterocycles. The van der Waals surface area contributed by atoms with Crippen molar-refractivity contribution in [3.8, 4) is 6.07 Å². The van der Waals surface area contributed by atoms with E-state index in [-0.39, 0.29) is 17.9 Å². The van der Waals surface area contributed by atoms with Gasteiger partial charge < -0.3 is 4.74 Å².